The minimum absolute atomic E-state index is 0.00569. The Hall–Kier alpha value is -1.32. The summed E-state index contributed by atoms with van der Waals surface area (Å²) in [6.07, 6.45) is 6.52. The summed E-state index contributed by atoms with van der Waals surface area (Å²) in [5.74, 6) is 1.17. The Balaban J connectivity index is 2.16. The van der Waals surface area contributed by atoms with E-state index in [1.54, 1.807) is 0 Å². The van der Waals surface area contributed by atoms with Crippen LogP contribution in [-0.4, -0.2) is 4.98 Å². The first-order valence-electron chi connectivity index (χ1n) is 6.01. The third-order valence-electron chi connectivity index (χ3n) is 3.25. The summed E-state index contributed by atoms with van der Waals surface area (Å²) in [5.41, 5.74) is 6.02. The van der Waals surface area contributed by atoms with Crippen molar-refractivity contribution in [3.8, 4) is 0 Å². The summed E-state index contributed by atoms with van der Waals surface area (Å²) in [5, 5.41) is 0. The van der Waals surface area contributed by atoms with Gasteiger partial charge in [-0.1, -0.05) is 26.2 Å². The lowest BCUT2D eigenvalue weighted by Crippen LogP contribution is -2.14. The molecular weight excluding hydrogens is 204 g/mol. The number of aromatic nitrogens is 1. The van der Waals surface area contributed by atoms with Crippen LogP contribution in [-0.2, 0) is 6.42 Å². The molecule has 1 heterocycles. The van der Waals surface area contributed by atoms with Crippen LogP contribution in [0.5, 0.6) is 0 Å². The number of nitrogen functional groups attached to an aromatic ring is 1. The predicted octanol–water partition coefficient (Wildman–Crippen LogP) is 2.23. The van der Waals surface area contributed by atoms with Crippen LogP contribution in [0.15, 0.2) is 9.21 Å². The molecule has 0 fully saturated rings. The Morgan fingerprint density at radius 1 is 1.50 bits per heavy atom. The number of rotatable bonds is 4. The smallest absolute Gasteiger partial charge is 0.295 e. The summed E-state index contributed by atoms with van der Waals surface area (Å²) in [7, 11) is 0. The average Bonchev–Trinajstić information content (AvgIpc) is 2.62. The molecule has 4 nitrogen and oxygen atoms in total. The van der Waals surface area contributed by atoms with Crippen molar-refractivity contribution in [3.05, 3.63) is 21.7 Å². The molecule has 1 aliphatic rings. The molecule has 0 aromatic carbocycles. The van der Waals surface area contributed by atoms with E-state index in [0.29, 0.717) is 5.92 Å². The summed E-state index contributed by atoms with van der Waals surface area (Å²) >= 11 is 0. The first-order chi connectivity index (χ1) is 7.72. The SMILES string of the molecule is CCCCCC1CCc2c1oc(N)nc2=O. The maximum atomic E-state index is 11.6. The van der Waals surface area contributed by atoms with E-state index in [1.807, 2.05) is 0 Å². The molecule has 1 aromatic heterocycles. The first kappa shape index (κ1) is 11.2. The molecule has 0 aliphatic heterocycles. The van der Waals surface area contributed by atoms with Crippen molar-refractivity contribution < 1.29 is 4.42 Å². The molecular formula is C12H18N2O2. The van der Waals surface area contributed by atoms with Crippen LogP contribution in [0.1, 0.15) is 56.3 Å². The van der Waals surface area contributed by atoms with E-state index >= 15 is 0 Å². The van der Waals surface area contributed by atoms with Crippen molar-refractivity contribution in [2.24, 2.45) is 0 Å². The zero-order valence-corrected chi connectivity index (χ0v) is 9.66. The monoisotopic (exact) mass is 222 g/mol. The largest absolute Gasteiger partial charge is 0.430 e. The van der Waals surface area contributed by atoms with Gasteiger partial charge in [0.05, 0.1) is 5.56 Å². The molecule has 0 radical (unpaired) electrons. The average molecular weight is 222 g/mol. The van der Waals surface area contributed by atoms with Gasteiger partial charge in [0.1, 0.15) is 5.76 Å². The Kier molecular flexibility index (Phi) is 3.27. The van der Waals surface area contributed by atoms with Crippen LogP contribution in [0.4, 0.5) is 6.01 Å². The maximum Gasteiger partial charge on any atom is 0.295 e. The second kappa shape index (κ2) is 4.68. The number of anilines is 1. The van der Waals surface area contributed by atoms with Gasteiger partial charge in [-0.25, -0.2) is 0 Å². The summed E-state index contributed by atoms with van der Waals surface area (Å²) in [4.78, 5) is 15.2. The molecule has 88 valence electrons. The summed E-state index contributed by atoms with van der Waals surface area (Å²) < 4.78 is 5.41. The van der Waals surface area contributed by atoms with Crippen molar-refractivity contribution in [1.82, 2.24) is 4.98 Å². The molecule has 1 unspecified atom stereocenters. The third kappa shape index (κ3) is 2.10. The highest BCUT2D eigenvalue weighted by molar-refractivity contribution is 5.27. The number of nitrogens with two attached hydrogens (primary N) is 1. The highest BCUT2D eigenvalue weighted by Crippen LogP contribution is 2.35. The van der Waals surface area contributed by atoms with Crippen LogP contribution in [0.2, 0.25) is 0 Å². The lowest BCUT2D eigenvalue weighted by atomic mass is 10.00. The predicted molar refractivity (Wildman–Crippen MR) is 62.4 cm³/mol. The normalized spacial score (nSPS) is 18.7. The Labute approximate surface area is 94.9 Å². The van der Waals surface area contributed by atoms with Gasteiger partial charge in [0.15, 0.2) is 0 Å². The van der Waals surface area contributed by atoms with Gasteiger partial charge in [0, 0.05) is 5.92 Å². The van der Waals surface area contributed by atoms with Gasteiger partial charge >= 0.3 is 0 Å². The van der Waals surface area contributed by atoms with E-state index in [4.69, 9.17) is 10.2 Å². The molecule has 2 N–H and O–H groups in total. The molecule has 4 heteroatoms. The highest BCUT2D eigenvalue weighted by atomic mass is 16.4. The van der Waals surface area contributed by atoms with Gasteiger partial charge in [-0.05, 0) is 19.3 Å². The van der Waals surface area contributed by atoms with E-state index in [9.17, 15) is 4.79 Å². The molecule has 0 saturated heterocycles. The minimum atomic E-state index is -0.197. The van der Waals surface area contributed by atoms with E-state index in [1.165, 1.54) is 19.3 Å². The number of nitrogens with zero attached hydrogens (tertiary/aromatic N) is 1. The first-order valence-corrected chi connectivity index (χ1v) is 6.01. The Morgan fingerprint density at radius 2 is 2.31 bits per heavy atom. The zero-order valence-electron chi connectivity index (χ0n) is 9.66. The fraction of sp³-hybridized carbons (Fsp3) is 0.667. The quantitative estimate of drug-likeness (QED) is 0.793. The molecule has 2 rings (SSSR count). The molecule has 1 atom stereocenters. The van der Waals surface area contributed by atoms with Crippen LogP contribution in [0, 0.1) is 0 Å². The molecule has 16 heavy (non-hydrogen) atoms. The van der Waals surface area contributed by atoms with Crippen LogP contribution < -0.4 is 11.3 Å². The van der Waals surface area contributed by atoms with Crippen molar-refractivity contribution in [2.75, 3.05) is 5.73 Å². The van der Waals surface area contributed by atoms with E-state index in [0.717, 1.165) is 30.6 Å². The fourth-order valence-electron chi connectivity index (χ4n) is 2.40. The second-order valence-electron chi connectivity index (χ2n) is 4.43. The molecule has 0 amide bonds. The van der Waals surface area contributed by atoms with Gasteiger partial charge in [-0.15, -0.1) is 0 Å². The van der Waals surface area contributed by atoms with E-state index in [2.05, 4.69) is 11.9 Å². The molecule has 0 saturated carbocycles. The third-order valence-corrected chi connectivity index (χ3v) is 3.25. The van der Waals surface area contributed by atoms with Crippen molar-refractivity contribution in [2.45, 2.75) is 51.4 Å². The molecule has 0 bridgehead atoms. The van der Waals surface area contributed by atoms with Gasteiger partial charge in [0.2, 0.25) is 0 Å². The second-order valence-corrected chi connectivity index (χ2v) is 4.43. The number of hydrogen-bond acceptors (Lipinski definition) is 4. The van der Waals surface area contributed by atoms with Crippen LogP contribution >= 0.6 is 0 Å². The van der Waals surface area contributed by atoms with Crippen molar-refractivity contribution >= 4 is 6.01 Å². The van der Waals surface area contributed by atoms with Gasteiger partial charge in [-0.2, -0.15) is 4.98 Å². The van der Waals surface area contributed by atoms with E-state index in [-0.39, 0.29) is 11.6 Å². The maximum absolute atomic E-state index is 11.6. The fourth-order valence-corrected chi connectivity index (χ4v) is 2.40. The molecule has 1 aromatic rings. The highest BCUT2D eigenvalue weighted by Gasteiger charge is 2.28. The van der Waals surface area contributed by atoms with E-state index < -0.39 is 0 Å². The van der Waals surface area contributed by atoms with Gasteiger partial charge in [0.25, 0.3) is 11.6 Å². The Bertz CT molecular complexity index is 426. The number of unbranched alkanes of at least 4 members (excludes halogenated alkanes) is 2. The zero-order chi connectivity index (χ0) is 11.5. The minimum Gasteiger partial charge on any atom is -0.430 e. The lowest BCUT2D eigenvalue weighted by molar-refractivity contribution is 0.436. The van der Waals surface area contributed by atoms with Crippen molar-refractivity contribution in [3.63, 3.8) is 0 Å². The number of hydrogen-bond donors (Lipinski definition) is 1. The number of fused-ring (bicyclic) bond motifs is 1. The van der Waals surface area contributed by atoms with Gasteiger partial charge in [-0.3, -0.25) is 4.79 Å². The summed E-state index contributed by atoms with van der Waals surface area (Å²) in [6.45, 7) is 2.19. The van der Waals surface area contributed by atoms with Crippen LogP contribution in [0.3, 0.4) is 0 Å². The lowest BCUT2D eigenvalue weighted by Gasteiger charge is -2.09. The summed E-state index contributed by atoms with van der Waals surface area (Å²) in [6, 6.07) is 0.00569. The topological polar surface area (TPSA) is 69.1 Å². The Morgan fingerprint density at radius 3 is 3.06 bits per heavy atom. The van der Waals surface area contributed by atoms with Gasteiger partial charge < -0.3 is 10.2 Å². The molecule has 0 spiro atoms. The van der Waals surface area contributed by atoms with Crippen molar-refractivity contribution in [1.29, 1.82) is 0 Å². The van der Waals surface area contributed by atoms with Crippen LogP contribution in [0.25, 0.3) is 0 Å². The standard InChI is InChI=1S/C12H18N2O2/c1-2-3-4-5-8-6-7-9-10(8)16-12(13)14-11(9)15/h8H,2-7H2,1H3,(H2,13,14,15). The molecule has 1 aliphatic carbocycles.